The molecule has 19 heteroatoms. The Labute approximate surface area is 568 Å². The molecule has 0 aliphatic heterocycles. The quantitative estimate of drug-likeness (QED) is 0.0222. The van der Waals surface area contributed by atoms with Crippen molar-refractivity contribution in [3.05, 3.63) is 0 Å². The Morgan fingerprint density at radius 2 is 0.548 bits per heavy atom. The molecule has 0 aliphatic rings. The highest BCUT2D eigenvalue weighted by Crippen LogP contribution is 2.45. The minimum absolute atomic E-state index is 0.103. The zero-order chi connectivity index (χ0) is 68.6. The van der Waals surface area contributed by atoms with Gasteiger partial charge in [0.15, 0.2) is 12.2 Å². The third-order valence-electron chi connectivity index (χ3n) is 17.6. The predicted octanol–water partition coefficient (Wildman–Crippen LogP) is 21.6. The van der Waals surface area contributed by atoms with Crippen LogP contribution in [0.15, 0.2) is 0 Å². The molecular weight excluding hydrogens is 1220 g/mol. The smallest absolute Gasteiger partial charge is 0.462 e. The molecule has 0 aromatic carbocycles. The van der Waals surface area contributed by atoms with E-state index in [1.165, 1.54) is 199 Å². The zero-order valence-corrected chi connectivity index (χ0v) is 62.3. The van der Waals surface area contributed by atoms with Crippen LogP contribution in [-0.4, -0.2) is 96.7 Å². The van der Waals surface area contributed by atoms with E-state index in [9.17, 15) is 43.2 Å². The molecule has 0 fully saturated rings. The summed E-state index contributed by atoms with van der Waals surface area (Å²) in [5.74, 6) is -0.652. The first kappa shape index (κ1) is 91.1. The molecule has 0 spiro atoms. The minimum atomic E-state index is -4.95. The van der Waals surface area contributed by atoms with Gasteiger partial charge in [-0.25, -0.2) is 9.13 Å². The number of hydrogen-bond acceptors (Lipinski definition) is 15. The van der Waals surface area contributed by atoms with E-state index in [0.717, 1.165) is 95.8 Å². The Morgan fingerprint density at radius 1 is 0.312 bits per heavy atom. The van der Waals surface area contributed by atoms with Crippen LogP contribution in [-0.2, 0) is 65.4 Å². The molecule has 3 N–H and O–H groups in total. The van der Waals surface area contributed by atoms with Crippen LogP contribution in [0.1, 0.15) is 382 Å². The van der Waals surface area contributed by atoms with Gasteiger partial charge in [-0.05, 0) is 37.5 Å². The number of phosphoric acid groups is 2. The van der Waals surface area contributed by atoms with Gasteiger partial charge in [-0.1, -0.05) is 330 Å². The number of aliphatic hydroxyl groups excluding tert-OH is 1. The second-order valence-corrected chi connectivity index (χ2v) is 30.3. The zero-order valence-electron chi connectivity index (χ0n) is 60.6. The molecule has 93 heavy (non-hydrogen) atoms. The lowest BCUT2D eigenvalue weighted by molar-refractivity contribution is -0.161. The van der Waals surface area contributed by atoms with E-state index in [4.69, 9.17) is 37.0 Å². The van der Waals surface area contributed by atoms with Crippen LogP contribution in [0, 0.1) is 11.8 Å². The maximum absolute atomic E-state index is 13.1. The van der Waals surface area contributed by atoms with Gasteiger partial charge in [0, 0.05) is 25.7 Å². The Bertz CT molecular complexity index is 1810. The van der Waals surface area contributed by atoms with E-state index in [2.05, 4.69) is 41.5 Å². The van der Waals surface area contributed by atoms with E-state index >= 15 is 0 Å². The van der Waals surface area contributed by atoms with Crippen LogP contribution >= 0.6 is 15.6 Å². The van der Waals surface area contributed by atoms with Crippen molar-refractivity contribution in [2.75, 3.05) is 39.6 Å². The number of rotatable bonds is 73. The Balaban J connectivity index is 5.15. The highest BCUT2D eigenvalue weighted by Gasteiger charge is 2.30. The second-order valence-electron chi connectivity index (χ2n) is 27.4. The molecule has 0 bridgehead atoms. The number of aliphatic hydroxyl groups is 1. The van der Waals surface area contributed by atoms with Crippen molar-refractivity contribution in [2.45, 2.75) is 400 Å². The molecule has 0 saturated carbocycles. The summed E-state index contributed by atoms with van der Waals surface area (Å²) in [6, 6.07) is 0. The second kappa shape index (κ2) is 66.0. The summed E-state index contributed by atoms with van der Waals surface area (Å²) in [5, 5.41) is 10.6. The molecule has 552 valence electrons. The number of carbonyl (C=O) groups is 4. The van der Waals surface area contributed by atoms with Gasteiger partial charge in [0.2, 0.25) is 0 Å². The summed E-state index contributed by atoms with van der Waals surface area (Å²) < 4.78 is 68.3. The van der Waals surface area contributed by atoms with Gasteiger partial charge in [-0.2, -0.15) is 0 Å². The average molecular weight is 1370 g/mol. The molecule has 0 aliphatic carbocycles. The van der Waals surface area contributed by atoms with Crippen molar-refractivity contribution in [2.24, 2.45) is 11.8 Å². The third-order valence-corrected chi connectivity index (χ3v) is 19.5. The first-order valence-electron chi connectivity index (χ1n) is 38.5. The Hall–Kier alpha value is -1.94. The van der Waals surface area contributed by atoms with Crippen molar-refractivity contribution in [1.82, 2.24) is 0 Å². The SMILES string of the molecule is CCCCCCCCCCCCCCCCCCCCCCCCC(=O)O[C@H](COC(=O)CCCCCCCCCCC(C)CC)COP(=O)(O)OC[C@@H](O)COP(=O)(O)OC[C@@H](COC(=O)CCCCCCCCCCC)OC(=O)CCCCCCCCCC(C)C. The first-order chi connectivity index (χ1) is 44.9. The largest absolute Gasteiger partial charge is 0.472 e. The highest BCUT2D eigenvalue weighted by atomic mass is 31.2. The minimum Gasteiger partial charge on any atom is -0.462 e. The first-order valence-corrected chi connectivity index (χ1v) is 41.5. The predicted molar refractivity (Wildman–Crippen MR) is 377 cm³/mol. The Morgan fingerprint density at radius 3 is 0.817 bits per heavy atom. The number of hydrogen-bond donors (Lipinski definition) is 3. The van der Waals surface area contributed by atoms with Gasteiger partial charge in [-0.3, -0.25) is 37.3 Å². The lowest BCUT2D eigenvalue weighted by Crippen LogP contribution is -2.30. The van der Waals surface area contributed by atoms with Gasteiger partial charge in [-0.15, -0.1) is 0 Å². The fourth-order valence-electron chi connectivity index (χ4n) is 11.3. The molecular formula is C74H144O17P2. The van der Waals surface area contributed by atoms with Crippen LogP contribution < -0.4 is 0 Å². The number of phosphoric ester groups is 2. The van der Waals surface area contributed by atoms with Gasteiger partial charge >= 0.3 is 39.5 Å². The van der Waals surface area contributed by atoms with Crippen LogP contribution in [0.5, 0.6) is 0 Å². The van der Waals surface area contributed by atoms with Crippen molar-refractivity contribution < 1.29 is 80.2 Å². The van der Waals surface area contributed by atoms with E-state index in [0.29, 0.717) is 31.6 Å². The van der Waals surface area contributed by atoms with Crippen molar-refractivity contribution >= 4 is 39.5 Å². The summed E-state index contributed by atoms with van der Waals surface area (Å²) in [4.78, 5) is 72.6. The topological polar surface area (TPSA) is 237 Å². The fraction of sp³-hybridized carbons (Fsp3) is 0.946. The van der Waals surface area contributed by atoms with E-state index in [-0.39, 0.29) is 25.7 Å². The normalized spacial score (nSPS) is 14.3. The summed E-state index contributed by atoms with van der Waals surface area (Å²) in [6.45, 7) is 9.49. The molecule has 0 rings (SSSR count). The monoisotopic (exact) mass is 1370 g/mol. The molecule has 0 saturated heterocycles. The van der Waals surface area contributed by atoms with Gasteiger partial charge in [0.05, 0.1) is 26.4 Å². The van der Waals surface area contributed by atoms with Gasteiger partial charge in [0.1, 0.15) is 19.3 Å². The van der Waals surface area contributed by atoms with Crippen LogP contribution in [0.2, 0.25) is 0 Å². The van der Waals surface area contributed by atoms with Crippen LogP contribution in [0.3, 0.4) is 0 Å². The van der Waals surface area contributed by atoms with Crippen molar-refractivity contribution in [3.8, 4) is 0 Å². The van der Waals surface area contributed by atoms with E-state index in [1.54, 1.807) is 0 Å². The van der Waals surface area contributed by atoms with Gasteiger partial charge in [0.25, 0.3) is 0 Å². The molecule has 0 amide bonds. The van der Waals surface area contributed by atoms with Crippen molar-refractivity contribution in [1.29, 1.82) is 0 Å². The summed E-state index contributed by atoms with van der Waals surface area (Å²) in [6.07, 6.45) is 53.0. The van der Waals surface area contributed by atoms with Gasteiger partial charge < -0.3 is 33.8 Å². The Kier molecular flexibility index (Phi) is 64.6. The molecule has 0 aromatic rings. The molecule has 0 heterocycles. The van der Waals surface area contributed by atoms with Crippen LogP contribution in [0.4, 0.5) is 0 Å². The lowest BCUT2D eigenvalue weighted by Gasteiger charge is -2.21. The molecule has 3 unspecified atom stereocenters. The summed E-state index contributed by atoms with van der Waals surface area (Å²) >= 11 is 0. The van der Waals surface area contributed by atoms with E-state index in [1.807, 2.05) is 0 Å². The number of esters is 4. The number of unbranched alkanes of at least 4 members (excludes halogenated alkanes) is 42. The molecule has 17 nitrogen and oxygen atoms in total. The summed E-state index contributed by atoms with van der Waals surface area (Å²) in [7, 11) is -9.90. The molecule has 6 atom stereocenters. The fourth-order valence-corrected chi connectivity index (χ4v) is 12.8. The average Bonchev–Trinajstić information content (AvgIpc) is 3.40. The molecule has 0 radical (unpaired) electrons. The lowest BCUT2D eigenvalue weighted by atomic mass is 9.99. The standard InChI is InChI=1S/C74H144O17P2/c1-7-10-12-14-16-18-19-20-21-22-23-24-25-26-27-28-29-30-32-40-46-52-58-73(78)90-69(62-85-72(77)57-51-45-39-34-33-37-43-49-55-67(6)9-3)64-88-92(80,81)86-60-68(75)61-87-93(82,83)89-65-70(63-84-71(76)56-50-44-38-31-17-15-13-11-8-2)91-74(79)59-53-47-41-35-36-42-48-54-66(4)5/h66-70,75H,7-65H2,1-6H3,(H,80,81)(H,82,83)/t67?,68-,69-,70-/m1/s1. The summed E-state index contributed by atoms with van der Waals surface area (Å²) in [5.41, 5.74) is 0. The molecule has 0 aromatic heterocycles. The van der Waals surface area contributed by atoms with Crippen molar-refractivity contribution in [3.63, 3.8) is 0 Å². The highest BCUT2D eigenvalue weighted by molar-refractivity contribution is 7.47. The number of ether oxygens (including phenoxy) is 4. The maximum Gasteiger partial charge on any atom is 0.472 e. The van der Waals surface area contributed by atoms with E-state index < -0.39 is 97.5 Å². The number of carbonyl (C=O) groups excluding carboxylic acids is 4. The maximum atomic E-state index is 13.1. The van der Waals surface area contributed by atoms with Crippen LogP contribution in [0.25, 0.3) is 0 Å². The third kappa shape index (κ3) is 67.0.